The molecule has 0 amide bonds. The van der Waals surface area contributed by atoms with Crippen molar-refractivity contribution in [2.45, 2.75) is 0 Å². The second-order valence-electron chi connectivity index (χ2n) is 4.26. The zero-order valence-corrected chi connectivity index (χ0v) is 10.7. The van der Waals surface area contributed by atoms with Crippen LogP contribution >= 0.6 is 0 Å². The Morgan fingerprint density at radius 1 is 0.950 bits per heavy atom. The van der Waals surface area contributed by atoms with Gasteiger partial charge in [-0.2, -0.15) is 0 Å². The van der Waals surface area contributed by atoms with Crippen LogP contribution in [-0.2, 0) is 14.3 Å². The van der Waals surface area contributed by atoms with Gasteiger partial charge in [-0.25, -0.2) is 9.59 Å². The molecule has 3 aromatic rings. The van der Waals surface area contributed by atoms with E-state index in [1.807, 2.05) is 30.3 Å². The minimum absolute atomic E-state index is 0.291. The predicted molar refractivity (Wildman–Crippen MR) is 73.5 cm³/mol. The van der Waals surface area contributed by atoms with Crippen LogP contribution in [0.1, 0.15) is 0 Å². The maximum Gasteiger partial charge on any atom is 0.422 e. The third-order valence-corrected chi connectivity index (χ3v) is 3.04. The van der Waals surface area contributed by atoms with Gasteiger partial charge in [-0.3, -0.25) is 0 Å². The van der Waals surface area contributed by atoms with Crippen LogP contribution in [-0.4, -0.2) is 24.0 Å². The first-order chi connectivity index (χ1) is 9.69. The largest absolute Gasteiger partial charge is 0.461 e. The topological polar surface area (TPSA) is 68.4 Å². The molecule has 0 unspecified atom stereocenters. The van der Waals surface area contributed by atoms with Gasteiger partial charge >= 0.3 is 11.9 Å². The molecule has 1 aromatic heterocycles. The lowest BCUT2D eigenvalue weighted by Gasteiger charge is -2.02. The monoisotopic (exact) mass is 269 g/mol. The Kier molecular flexibility index (Phi) is 2.87. The van der Waals surface area contributed by atoms with Crippen LogP contribution in [0.4, 0.5) is 0 Å². The van der Waals surface area contributed by atoms with E-state index in [4.69, 9.17) is 4.74 Å². The highest BCUT2D eigenvalue weighted by atomic mass is 16.6. The Balaban J connectivity index is 2.01. The van der Waals surface area contributed by atoms with Gasteiger partial charge in [0.1, 0.15) is 5.75 Å². The minimum atomic E-state index is -1.04. The molecule has 3 rings (SSSR count). The zero-order valence-electron chi connectivity index (χ0n) is 10.7. The number of aromatic nitrogens is 1. The van der Waals surface area contributed by atoms with Crippen molar-refractivity contribution in [2.75, 3.05) is 7.11 Å². The van der Waals surface area contributed by atoms with Crippen LogP contribution in [0.15, 0.2) is 42.5 Å². The number of esters is 2. The van der Waals surface area contributed by atoms with Gasteiger partial charge in [0.05, 0.1) is 12.6 Å². The van der Waals surface area contributed by atoms with Crippen molar-refractivity contribution in [2.24, 2.45) is 0 Å². The van der Waals surface area contributed by atoms with Crippen LogP contribution in [0.3, 0.4) is 0 Å². The van der Waals surface area contributed by atoms with E-state index in [0.717, 1.165) is 28.9 Å². The average Bonchev–Trinajstić information content (AvgIpc) is 2.83. The highest BCUT2D eigenvalue weighted by Crippen LogP contribution is 2.28. The molecule has 0 saturated heterocycles. The summed E-state index contributed by atoms with van der Waals surface area (Å²) in [5.41, 5.74) is 1.83. The van der Waals surface area contributed by atoms with Gasteiger partial charge in [0.2, 0.25) is 0 Å². The molecule has 0 aliphatic rings. The first-order valence-corrected chi connectivity index (χ1v) is 5.99. The zero-order chi connectivity index (χ0) is 14.1. The lowest BCUT2D eigenvalue weighted by Crippen LogP contribution is -2.21. The lowest BCUT2D eigenvalue weighted by atomic mass is 10.1. The summed E-state index contributed by atoms with van der Waals surface area (Å²) < 4.78 is 9.24. The number of H-pyrrole nitrogens is 1. The van der Waals surface area contributed by atoms with Crippen LogP contribution in [0, 0.1) is 0 Å². The number of benzene rings is 2. The fourth-order valence-electron chi connectivity index (χ4n) is 2.13. The number of fused-ring (bicyclic) bond motifs is 3. The van der Waals surface area contributed by atoms with Gasteiger partial charge in [-0.1, -0.05) is 18.2 Å². The number of hydrogen-bond acceptors (Lipinski definition) is 4. The van der Waals surface area contributed by atoms with Crippen LogP contribution in [0.5, 0.6) is 5.75 Å². The summed E-state index contributed by atoms with van der Waals surface area (Å²) in [6.07, 6.45) is 0. The Morgan fingerprint density at radius 3 is 2.50 bits per heavy atom. The number of methoxy groups -OCH3 is 1. The lowest BCUT2D eigenvalue weighted by molar-refractivity contribution is -0.160. The summed E-state index contributed by atoms with van der Waals surface area (Å²) in [6.45, 7) is 0. The third-order valence-electron chi connectivity index (χ3n) is 3.04. The second-order valence-corrected chi connectivity index (χ2v) is 4.26. The minimum Gasteiger partial charge on any atom is -0.461 e. The molecule has 0 spiro atoms. The summed E-state index contributed by atoms with van der Waals surface area (Å²) in [5, 5.41) is 2.12. The van der Waals surface area contributed by atoms with Gasteiger partial charge in [-0.15, -0.1) is 0 Å². The summed E-state index contributed by atoms with van der Waals surface area (Å²) >= 11 is 0. The fourth-order valence-corrected chi connectivity index (χ4v) is 2.13. The molecule has 0 bridgehead atoms. The number of aromatic amines is 1. The molecule has 5 heteroatoms. The molecule has 20 heavy (non-hydrogen) atoms. The predicted octanol–water partition coefficient (Wildman–Crippen LogP) is 2.40. The molecule has 0 aliphatic heterocycles. The molecule has 1 heterocycles. The van der Waals surface area contributed by atoms with Crippen molar-refractivity contribution in [3.05, 3.63) is 42.5 Å². The van der Waals surface area contributed by atoms with E-state index in [0.29, 0.717) is 5.75 Å². The van der Waals surface area contributed by atoms with E-state index >= 15 is 0 Å². The number of carbonyl (C=O) groups excluding carboxylic acids is 2. The van der Waals surface area contributed by atoms with Crippen molar-refractivity contribution in [1.29, 1.82) is 0 Å². The number of nitrogens with one attached hydrogen (secondary N) is 1. The first-order valence-electron chi connectivity index (χ1n) is 5.99. The van der Waals surface area contributed by atoms with Gasteiger partial charge in [0.15, 0.2) is 0 Å². The summed E-state index contributed by atoms with van der Waals surface area (Å²) in [7, 11) is 1.13. The Hall–Kier alpha value is -2.82. The third kappa shape index (κ3) is 1.99. The van der Waals surface area contributed by atoms with E-state index in [9.17, 15) is 9.59 Å². The first kappa shape index (κ1) is 12.2. The highest BCUT2D eigenvalue weighted by molar-refractivity contribution is 6.30. The molecule has 5 nitrogen and oxygen atoms in total. The smallest absolute Gasteiger partial charge is 0.422 e. The van der Waals surface area contributed by atoms with E-state index < -0.39 is 11.9 Å². The van der Waals surface area contributed by atoms with Gasteiger partial charge in [0.25, 0.3) is 0 Å². The molecule has 100 valence electrons. The summed E-state index contributed by atoms with van der Waals surface area (Å²) in [6, 6.07) is 13.0. The normalized spacial score (nSPS) is 10.7. The number of hydrogen-bond donors (Lipinski definition) is 1. The molecule has 1 N–H and O–H groups in total. The molecule has 0 atom stereocenters. The molecule has 0 saturated carbocycles. The molecule has 0 radical (unpaired) electrons. The van der Waals surface area contributed by atoms with Crippen LogP contribution in [0.2, 0.25) is 0 Å². The SMILES string of the molecule is COC(=O)C(=O)Oc1ccc2c(c1)[nH]c1ccccc12. The van der Waals surface area contributed by atoms with Crippen LogP contribution < -0.4 is 4.74 Å². The Morgan fingerprint density at radius 2 is 1.70 bits per heavy atom. The number of carbonyl (C=O) groups is 2. The van der Waals surface area contributed by atoms with E-state index in [1.54, 1.807) is 12.1 Å². The average molecular weight is 269 g/mol. The maximum atomic E-state index is 11.3. The molecule has 2 aromatic carbocycles. The van der Waals surface area contributed by atoms with E-state index in [1.165, 1.54) is 0 Å². The van der Waals surface area contributed by atoms with E-state index in [2.05, 4.69) is 9.72 Å². The maximum absolute atomic E-state index is 11.3. The molecular weight excluding hydrogens is 258 g/mol. The van der Waals surface area contributed by atoms with Gasteiger partial charge in [-0.05, 0) is 18.2 Å². The van der Waals surface area contributed by atoms with Crippen molar-refractivity contribution in [3.63, 3.8) is 0 Å². The highest BCUT2D eigenvalue weighted by Gasteiger charge is 2.17. The standard InChI is InChI=1S/C15H11NO4/c1-19-14(17)15(18)20-9-6-7-11-10-4-2-3-5-12(10)16-13(11)8-9/h2-8,16H,1H3. The summed E-state index contributed by atoms with van der Waals surface area (Å²) in [5.74, 6) is -1.77. The van der Waals surface area contributed by atoms with E-state index in [-0.39, 0.29) is 0 Å². The Bertz CT molecular complexity index is 819. The molecule has 0 fully saturated rings. The summed E-state index contributed by atoms with van der Waals surface area (Å²) in [4.78, 5) is 25.6. The van der Waals surface area contributed by atoms with Gasteiger partial charge < -0.3 is 14.5 Å². The van der Waals surface area contributed by atoms with Crippen LogP contribution in [0.25, 0.3) is 21.8 Å². The fraction of sp³-hybridized carbons (Fsp3) is 0.0667. The molecule has 0 aliphatic carbocycles. The number of ether oxygens (including phenoxy) is 2. The van der Waals surface area contributed by atoms with Crippen molar-refractivity contribution in [3.8, 4) is 5.75 Å². The van der Waals surface area contributed by atoms with Crippen molar-refractivity contribution < 1.29 is 19.1 Å². The molecular formula is C15H11NO4. The second kappa shape index (κ2) is 4.70. The number of rotatable bonds is 1. The quantitative estimate of drug-likeness (QED) is 0.418. The Labute approximate surface area is 114 Å². The van der Waals surface area contributed by atoms with Crippen molar-refractivity contribution >= 4 is 33.7 Å². The van der Waals surface area contributed by atoms with Crippen molar-refractivity contribution in [1.82, 2.24) is 4.98 Å². The number of para-hydroxylation sites is 1. The van der Waals surface area contributed by atoms with Gasteiger partial charge in [0, 0.05) is 22.4 Å².